The summed E-state index contributed by atoms with van der Waals surface area (Å²) in [5, 5.41) is 13.7. The van der Waals surface area contributed by atoms with E-state index in [1.54, 1.807) is 25.1 Å². The molecule has 2 amide bonds. The maximum atomic E-state index is 12.0. The minimum atomic E-state index is -1.05. The Morgan fingerprint density at radius 2 is 2.00 bits per heavy atom. The van der Waals surface area contributed by atoms with Crippen LogP contribution in [-0.4, -0.2) is 36.5 Å². The Morgan fingerprint density at radius 3 is 2.62 bits per heavy atom. The molecule has 0 saturated heterocycles. The fourth-order valence-electron chi connectivity index (χ4n) is 1.67. The first-order chi connectivity index (χ1) is 9.93. The number of amides is 2. The van der Waals surface area contributed by atoms with E-state index >= 15 is 0 Å². The zero-order valence-corrected chi connectivity index (χ0v) is 12.0. The fourth-order valence-corrected chi connectivity index (χ4v) is 1.67. The first-order valence-electron chi connectivity index (χ1n) is 6.44. The van der Waals surface area contributed by atoms with Crippen LogP contribution in [0.1, 0.15) is 27.9 Å². The molecule has 0 aliphatic carbocycles. The van der Waals surface area contributed by atoms with Gasteiger partial charge >= 0.3 is 5.97 Å². The highest BCUT2D eigenvalue weighted by Crippen LogP contribution is 2.12. The van der Waals surface area contributed by atoms with Gasteiger partial charge in [-0.15, -0.1) is 0 Å². The zero-order chi connectivity index (χ0) is 15.8. The van der Waals surface area contributed by atoms with Gasteiger partial charge in [0.25, 0.3) is 5.91 Å². The predicted octanol–water partition coefficient (Wildman–Crippen LogP) is 0.959. The van der Waals surface area contributed by atoms with Crippen molar-refractivity contribution >= 4 is 23.9 Å². The quantitative estimate of drug-likeness (QED) is 0.680. The van der Waals surface area contributed by atoms with Crippen LogP contribution in [0.3, 0.4) is 0 Å². The minimum Gasteiger partial charge on any atom is -0.478 e. The molecule has 0 saturated carbocycles. The van der Waals surface area contributed by atoms with Crippen LogP contribution in [0.5, 0.6) is 0 Å². The largest absolute Gasteiger partial charge is 0.478 e. The van der Waals surface area contributed by atoms with Crippen molar-refractivity contribution in [3.63, 3.8) is 0 Å². The molecule has 0 aliphatic rings. The predicted molar refractivity (Wildman–Crippen MR) is 78.9 cm³/mol. The summed E-state index contributed by atoms with van der Waals surface area (Å²) in [5.74, 6) is -1.49. The molecule has 0 heterocycles. The minimum absolute atomic E-state index is 0.148. The molecular formula is C15H18N2O4. The number of aliphatic carboxylic acids is 1. The van der Waals surface area contributed by atoms with Crippen molar-refractivity contribution in [3.05, 3.63) is 41.0 Å². The third-order valence-corrected chi connectivity index (χ3v) is 2.84. The SMILES string of the molecule is CNC(=O)CCNC(=O)c1cc(C=CC(=O)O)ccc1C. The van der Waals surface area contributed by atoms with Crippen LogP contribution < -0.4 is 10.6 Å². The van der Waals surface area contributed by atoms with Gasteiger partial charge in [-0.05, 0) is 30.2 Å². The number of nitrogens with one attached hydrogen (secondary N) is 2. The van der Waals surface area contributed by atoms with Crippen LogP contribution in [0.2, 0.25) is 0 Å². The Hall–Kier alpha value is -2.63. The summed E-state index contributed by atoms with van der Waals surface area (Å²) in [5.41, 5.74) is 1.86. The lowest BCUT2D eigenvalue weighted by Gasteiger charge is -2.08. The highest BCUT2D eigenvalue weighted by Gasteiger charge is 2.09. The summed E-state index contributed by atoms with van der Waals surface area (Å²) in [7, 11) is 1.53. The van der Waals surface area contributed by atoms with E-state index in [9.17, 15) is 14.4 Å². The summed E-state index contributed by atoms with van der Waals surface area (Å²) in [6.07, 6.45) is 2.64. The van der Waals surface area contributed by atoms with Gasteiger partial charge in [-0.2, -0.15) is 0 Å². The molecule has 0 radical (unpaired) electrons. The van der Waals surface area contributed by atoms with E-state index in [0.29, 0.717) is 11.1 Å². The molecule has 3 N–H and O–H groups in total. The first-order valence-corrected chi connectivity index (χ1v) is 6.44. The molecule has 0 spiro atoms. The highest BCUT2D eigenvalue weighted by atomic mass is 16.4. The lowest BCUT2D eigenvalue weighted by molar-refractivity contribution is -0.131. The number of carbonyl (C=O) groups is 3. The summed E-state index contributed by atoms with van der Waals surface area (Å²) < 4.78 is 0. The van der Waals surface area contributed by atoms with Crippen LogP contribution in [0.4, 0.5) is 0 Å². The Balaban J connectivity index is 2.76. The molecule has 1 rings (SSSR count). The molecule has 21 heavy (non-hydrogen) atoms. The lowest BCUT2D eigenvalue weighted by Crippen LogP contribution is -2.29. The second kappa shape index (κ2) is 7.84. The van der Waals surface area contributed by atoms with Gasteiger partial charge in [0.05, 0.1) is 0 Å². The van der Waals surface area contributed by atoms with E-state index in [0.717, 1.165) is 11.6 Å². The van der Waals surface area contributed by atoms with Crippen molar-refractivity contribution in [2.24, 2.45) is 0 Å². The molecule has 0 aliphatic heterocycles. The molecule has 1 aromatic rings. The highest BCUT2D eigenvalue weighted by molar-refractivity contribution is 5.96. The molecule has 0 bridgehead atoms. The molecule has 112 valence electrons. The molecular weight excluding hydrogens is 272 g/mol. The zero-order valence-electron chi connectivity index (χ0n) is 12.0. The topological polar surface area (TPSA) is 95.5 Å². The van der Waals surface area contributed by atoms with Gasteiger partial charge in [0.15, 0.2) is 0 Å². The number of carbonyl (C=O) groups excluding carboxylic acids is 2. The normalized spacial score (nSPS) is 10.4. The van der Waals surface area contributed by atoms with Crippen molar-refractivity contribution in [2.45, 2.75) is 13.3 Å². The van der Waals surface area contributed by atoms with Crippen LogP contribution in [-0.2, 0) is 9.59 Å². The van der Waals surface area contributed by atoms with Gasteiger partial charge in [0, 0.05) is 31.7 Å². The number of hydrogen-bond acceptors (Lipinski definition) is 3. The smallest absolute Gasteiger partial charge is 0.328 e. The lowest BCUT2D eigenvalue weighted by atomic mass is 10.0. The van der Waals surface area contributed by atoms with Crippen molar-refractivity contribution in [2.75, 3.05) is 13.6 Å². The summed E-state index contributed by atoms with van der Waals surface area (Å²) >= 11 is 0. The van der Waals surface area contributed by atoms with E-state index in [1.807, 2.05) is 0 Å². The molecule has 0 aromatic heterocycles. The van der Waals surface area contributed by atoms with E-state index in [2.05, 4.69) is 10.6 Å². The average Bonchev–Trinajstić information content (AvgIpc) is 2.45. The molecule has 6 nitrogen and oxygen atoms in total. The summed E-state index contributed by atoms with van der Waals surface area (Å²) in [4.78, 5) is 33.6. The third-order valence-electron chi connectivity index (χ3n) is 2.84. The number of rotatable bonds is 6. The third kappa shape index (κ3) is 5.48. The van der Waals surface area contributed by atoms with E-state index in [1.165, 1.54) is 13.1 Å². The van der Waals surface area contributed by atoms with E-state index < -0.39 is 5.97 Å². The van der Waals surface area contributed by atoms with Crippen LogP contribution in [0, 0.1) is 6.92 Å². The fraction of sp³-hybridized carbons (Fsp3) is 0.267. The molecule has 6 heteroatoms. The average molecular weight is 290 g/mol. The molecule has 0 fully saturated rings. The van der Waals surface area contributed by atoms with Crippen molar-refractivity contribution in [3.8, 4) is 0 Å². The molecule has 1 aromatic carbocycles. The van der Waals surface area contributed by atoms with Crippen LogP contribution >= 0.6 is 0 Å². The molecule has 0 atom stereocenters. The Morgan fingerprint density at radius 1 is 1.29 bits per heavy atom. The van der Waals surface area contributed by atoms with Gasteiger partial charge < -0.3 is 15.7 Å². The van der Waals surface area contributed by atoms with E-state index in [4.69, 9.17) is 5.11 Å². The Kier molecular flexibility index (Phi) is 6.13. The Bertz CT molecular complexity index is 579. The van der Waals surface area contributed by atoms with Gasteiger partial charge in [-0.25, -0.2) is 4.79 Å². The number of aryl methyl sites for hydroxylation is 1. The second-order valence-electron chi connectivity index (χ2n) is 4.43. The Labute approximate surface area is 122 Å². The molecule has 0 unspecified atom stereocenters. The summed E-state index contributed by atoms with van der Waals surface area (Å²) in [6.45, 7) is 2.03. The number of benzene rings is 1. The van der Waals surface area contributed by atoms with E-state index in [-0.39, 0.29) is 24.8 Å². The first kappa shape index (κ1) is 16.4. The van der Waals surface area contributed by atoms with Crippen LogP contribution in [0.15, 0.2) is 24.3 Å². The van der Waals surface area contributed by atoms with Gasteiger partial charge in [-0.1, -0.05) is 12.1 Å². The number of carboxylic acid groups (broad SMARTS) is 1. The maximum Gasteiger partial charge on any atom is 0.328 e. The second-order valence-corrected chi connectivity index (χ2v) is 4.43. The number of carboxylic acids is 1. The van der Waals surface area contributed by atoms with Crippen molar-refractivity contribution in [1.82, 2.24) is 10.6 Å². The van der Waals surface area contributed by atoms with Crippen molar-refractivity contribution in [1.29, 1.82) is 0 Å². The van der Waals surface area contributed by atoms with Crippen LogP contribution in [0.25, 0.3) is 6.08 Å². The number of hydrogen-bond donors (Lipinski definition) is 3. The van der Waals surface area contributed by atoms with Crippen molar-refractivity contribution < 1.29 is 19.5 Å². The monoisotopic (exact) mass is 290 g/mol. The van der Waals surface area contributed by atoms with Gasteiger partial charge in [0.1, 0.15) is 0 Å². The summed E-state index contributed by atoms with van der Waals surface area (Å²) in [6, 6.07) is 5.09. The standard InChI is InChI=1S/C15H18N2O4/c1-10-3-4-11(5-6-14(19)20)9-12(10)15(21)17-8-7-13(18)16-2/h3-6,9H,7-8H2,1-2H3,(H,16,18)(H,17,21)(H,19,20). The van der Waals surface area contributed by atoms with Gasteiger partial charge in [-0.3, -0.25) is 9.59 Å². The maximum absolute atomic E-state index is 12.0. The van der Waals surface area contributed by atoms with Gasteiger partial charge in [0.2, 0.25) is 5.91 Å².